The SMILES string of the molecule is Nc1cnc2cc([N+](=O)[O-])ccc2n1. The molecule has 0 aliphatic heterocycles. The first-order valence-corrected chi connectivity index (χ1v) is 3.83. The van der Waals surface area contributed by atoms with Crippen LogP contribution in [0, 0.1) is 10.1 Å². The lowest BCUT2D eigenvalue weighted by molar-refractivity contribution is -0.384. The Morgan fingerprint density at radius 1 is 1.36 bits per heavy atom. The highest BCUT2D eigenvalue weighted by atomic mass is 16.6. The van der Waals surface area contributed by atoms with Crippen molar-refractivity contribution in [1.82, 2.24) is 9.97 Å². The van der Waals surface area contributed by atoms with E-state index < -0.39 is 4.92 Å². The number of hydrogen-bond donors (Lipinski definition) is 1. The first kappa shape index (κ1) is 8.36. The first-order valence-electron chi connectivity index (χ1n) is 3.83. The Morgan fingerprint density at radius 3 is 2.86 bits per heavy atom. The molecule has 1 aromatic carbocycles. The summed E-state index contributed by atoms with van der Waals surface area (Å²) >= 11 is 0. The standard InChI is InChI=1S/C8H6N4O2/c9-8-4-10-7-3-5(12(13)14)1-2-6(7)11-8/h1-4H,(H2,9,11). The molecule has 1 heterocycles. The van der Waals surface area contributed by atoms with Crippen LogP contribution in [0.3, 0.4) is 0 Å². The fourth-order valence-electron chi connectivity index (χ4n) is 1.13. The number of nitro groups is 1. The van der Waals surface area contributed by atoms with Gasteiger partial charge in [0.2, 0.25) is 0 Å². The van der Waals surface area contributed by atoms with E-state index in [2.05, 4.69) is 9.97 Å². The first-order chi connectivity index (χ1) is 6.66. The molecule has 0 saturated heterocycles. The molecular formula is C8H6N4O2. The number of non-ortho nitro benzene ring substituents is 1. The number of nitrogens with two attached hydrogens (primary N) is 1. The third-order valence-electron chi connectivity index (χ3n) is 1.76. The summed E-state index contributed by atoms with van der Waals surface area (Å²) in [5.41, 5.74) is 6.43. The number of nitrogens with zero attached hydrogens (tertiary/aromatic N) is 3. The number of nitrogen functional groups attached to an aromatic ring is 1. The number of aromatic nitrogens is 2. The van der Waals surface area contributed by atoms with Gasteiger partial charge in [0.15, 0.2) is 0 Å². The Hall–Kier alpha value is -2.24. The molecule has 70 valence electrons. The van der Waals surface area contributed by atoms with E-state index in [9.17, 15) is 10.1 Å². The van der Waals surface area contributed by atoms with Gasteiger partial charge in [0.05, 0.1) is 22.2 Å². The van der Waals surface area contributed by atoms with Crippen LogP contribution in [-0.2, 0) is 0 Å². The summed E-state index contributed by atoms with van der Waals surface area (Å²) in [5.74, 6) is 0.298. The van der Waals surface area contributed by atoms with Gasteiger partial charge in [0.1, 0.15) is 5.82 Å². The molecule has 0 aliphatic rings. The molecule has 0 atom stereocenters. The summed E-state index contributed by atoms with van der Waals surface area (Å²) in [6.45, 7) is 0. The second kappa shape index (κ2) is 2.91. The minimum absolute atomic E-state index is 0.00317. The van der Waals surface area contributed by atoms with E-state index in [0.29, 0.717) is 16.9 Å². The summed E-state index contributed by atoms with van der Waals surface area (Å²) in [4.78, 5) is 17.9. The fraction of sp³-hybridized carbons (Fsp3) is 0. The fourth-order valence-corrected chi connectivity index (χ4v) is 1.13. The summed E-state index contributed by atoms with van der Waals surface area (Å²) in [6.07, 6.45) is 1.37. The summed E-state index contributed by atoms with van der Waals surface area (Å²) in [7, 11) is 0. The highest BCUT2D eigenvalue weighted by Gasteiger charge is 2.07. The quantitative estimate of drug-likeness (QED) is 0.537. The van der Waals surface area contributed by atoms with Crippen molar-refractivity contribution in [2.24, 2.45) is 0 Å². The predicted octanol–water partition coefficient (Wildman–Crippen LogP) is 1.12. The lowest BCUT2D eigenvalue weighted by atomic mass is 10.2. The van der Waals surface area contributed by atoms with Gasteiger partial charge in [-0.05, 0) is 6.07 Å². The molecule has 0 amide bonds. The summed E-state index contributed by atoms with van der Waals surface area (Å²) in [6, 6.07) is 4.26. The maximum atomic E-state index is 10.4. The lowest BCUT2D eigenvalue weighted by Crippen LogP contribution is -1.93. The van der Waals surface area contributed by atoms with Crippen LogP contribution in [0.25, 0.3) is 11.0 Å². The van der Waals surface area contributed by atoms with Gasteiger partial charge in [-0.15, -0.1) is 0 Å². The van der Waals surface area contributed by atoms with E-state index in [1.807, 2.05) is 0 Å². The number of nitro benzene ring substituents is 1. The van der Waals surface area contributed by atoms with E-state index in [-0.39, 0.29) is 5.69 Å². The highest BCUT2D eigenvalue weighted by molar-refractivity contribution is 5.77. The van der Waals surface area contributed by atoms with Crippen LogP contribution in [0.15, 0.2) is 24.4 Å². The van der Waals surface area contributed by atoms with Crippen molar-refractivity contribution in [2.75, 3.05) is 5.73 Å². The van der Waals surface area contributed by atoms with Crippen LogP contribution >= 0.6 is 0 Å². The minimum atomic E-state index is -0.475. The average Bonchev–Trinajstić information content (AvgIpc) is 2.16. The molecule has 0 bridgehead atoms. The van der Waals surface area contributed by atoms with Crippen molar-refractivity contribution in [3.63, 3.8) is 0 Å². The second-order valence-corrected chi connectivity index (χ2v) is 2.72. The number of fused-ring (bicyclic) bond motifs is 1. The third-order valence-corrected chi connectivity index (χ3v) is 1.76. The molecule has 0 aliphatic carbocycles. The molecule has 0 saturated carbocycles. The lowest BCUT2D eigenvalue weighted by Gasteiger charge is -1.97. The highest BCUT2D eigenvalue weighted by Crippen LogP contribution is 2.17. The molecule has 0 fully saturated rings. The zero-order valence-corrected chi connectivity index (χ0v) is 7.04. The molecule has 0 spiro atoms. The zero-order valence-electron chi connectivity index (χ0n) is 7.04. The van der Waals surface area contributed by atoms with E-state index in [4.69, 9.17) is 5.73 Å². The maximum absolute atomic E-state index is 10.4. The number of benzene rings is 1. The largest absolute Gasteiger partial charge is 0.382 e. The van der Waals surface area contributed by atoms with Crippen molar-refractivity contribution in [2.45, 2.75) is 0 Å². The smallest absolute Gasteiger partial charge is 0.271 e. The van der Waals surface area contributed by atoms with Gasteiger partial charge >= 0.3 is 0 Å². The summed E-state index contributed by atoms with van der Waals surface area (Å²) < 4.78 is 0. The van der Waals surface area contributed by atoms with Gasteiger partial charge in [-0.2, -0.15) is 0 Å². The molecule has 2 rings (SSSR count). The molecule has 6 heteroatoms. The Bertz CT molecular complexity index is 512. The van der Waals surface area contributed by atoms with Crippen molar-refractivity contribution >= 4 is 22.5 Å². The molecule has 6 nitrogen and oxygen atoms in total. The molecule has 0 radical (unpaired) electrons. The average molecular weight is 190 g/mol. The van der Waals surface area contributed by atoms with Crippen molar-refractivity contribution in [3.8, 4) is 0 Å². The van der Waals surface area contributed by atoms with Crippen molar-refractivity contribution in [3.05, 3.63) is 34.5 Å². The molecule has 14 heavy (non-hydrogen) atoms. The van der Waals surface area contributed by atoms with Gasteiger partial charge in [-0.1, -0.05) is 0 Å². The van der Waals surface area contributed by atoms with E-state index in [1.165, 1.54) is 24.4 Å². The Balaban J connectivity index is 2.67. The third kappa shape index (κ3) is 1.33. The summed E-state index contributed by atoms with van der Waals surface area (Å²) in [5, 5.41) is 10.4. The van der Waals surface area contributed by atoms with Gasteiger partial charge < -0.3 is 5.73 Å². The van der Waals surface area contributed by atoms with E-state index >= 15 is 0 Å². The number of rotatable bonds is 1. The van der Waals surface area contributed by atoms with Crippen LogP contribution in [-0.4, -0.2) is 14.9 Å². The number of anilines is 1. The van der Waals surface area contributed by atoms with Crippen LogP contribution < -0.4 is 5.73 Å². The van der Waals surface area contributed by atoms with Crippen molar-refractivity contribution < 1.29 is 4.92 Å². The van der Waals surface area contributed by atoms with Crippen molar-refractivity contribution in [1.29, 1.82) is 0 Å². The molecule has 1 aromatic heterocycles. The molecule has 2 N–H and O–H groups in total. The Morgan fingerprint density at radius 2 is 2.14 bits per heavy atom. The van der Waals surface area contributed by atoms with Crippen LogP contribution in [0.1, 0.15) is 0 Å². The number of hydrogen-bond acceptors (Lipinski definition) is 5. The molecular weight excluding hydrogens is 184 g/mol. The molecule has 0 unspecified atom stereocenters. The topological polar surface area (TPSA) is 94.9 Å². The Kier molecular flexibility index (Phi) is 1.74. The van der Waals surface area contributed by atoms with Crippen LogP contribution in [0.2, 0.25) is 0 Å². The Labute approximate surface area is 78.5 Å². The maximum Gasteiger partial charge on any atom is 0.271 e. The van der Waals surface area contributed by atoms with E-state index in [1.54, 1.807) is 0 Å². The van der Waals surface area contributed by atoms with Gasteiger partial charge in [0.25, 0.3) is 5.69 Å². The second-order valence-electron chi connectivity index (χ2n) is 2.72. The monoisotopic (exact) mass is 190 g/mol. The van der Waals surface area contributed by atoms with Gasteiger partial charge in [-0.3, -0.25) is 15.1 Å². The van der Waals surface area contributed by atoms with Gasteiger partial charge in [0, 0.05) is 12.1 Å². The van der Waals surface area contributed by atoms with Crippen LogP contribution in [0.5, 0.6) is 0 Å². The van der Waals surface area contributed by atoms with Crippen LogP contribution in [0.4, 0.5) is 11.5 Å². The zero-order chi connectivity index (χ0) is 10.1. The predicted molar refractivity (Wildman–Crippen MR) is 50.6 cm³/mol. The molecule has 2 aromatic rings. The minimum Gasteiger partial charge on any atom is -0.382 e. The normalized spacial score (nSPS) is 10.3. The van der Waals surface area contributed by atoms with E-state index in [0.717, 1.165) is 0 Å². The van der Waals surface area contributed by atoms with Gasteiger partial charge in [-0.25, -0.2) is 4.98 Å².